The number of hydrogen-bond acceptors (Lipinski definition) is 4. The number of carbonyl (C=O) groups is 1. The van der Waals surface area contributed by atoms with Crippen LogP contribution in [-0.2, 0) is 0 Å². The molecule has 3 fully saturated rings. The lowest BCUT2D eigenvalue weighted by molar-refractivity contribution is 0.0216. The van der Waals surface area contributed by atoms with E-state index in [1.54, 1.807) is 12.3 Å². The van der Waals surface area contributed by atoms with Gasteiger partial charge in [0, 0.05) is 23.7 Å². The van der Waals surface area contributed by atoms with E-state index in [2.05, 4.69) is 28.0 Å². The molecule has 1 N–H and O–H groups in total. The van der Waals surface area contributed by atoms with Crippen molar-refractivity contribution >= 4 is 16.9 Å². The molecule has 0 aromatic carbocycles. The van der Waals surface area contributed by atoms with E-state index < -0.39 is 0 Å². The van der Waals surface area contributed by atoms with Gasteiger partial charge in [-0.3, -0.25) is 9.69 Å². The summed E-state index contributed by atoms with van der Waals surface area (Å²) in [4.78, 5) is 19.4. The highest BCUT2D eigenvalue weighted by Crippen LogP contribution is 2.32. The van der Waals surface area contributed by atoms with Gasteiger partial charge in [0.1, 0.15) is 6.26 Å². The molecule has 5 nitrogen and oxygen atoms in total. The van der Waals surface area contributed by atoms with Gasteiger partial charge < -0.3 is 9.73 Å². The van der Waals surface area contributed by atoms with E-state index in [0.29, 0.717) is 28.8 Å². The summed E-state index contributed by atoms with van der Waals surface area (Å²) in [5.74, 6) is 2.94. The first-order valence-electron chi connectivity index (χ1n) is 8.06. The number of aromatic nitrogens is 1. The summed E-state index contributed by atoms with van der Waals surface area (Å²) < 4.78 is 5.49. The molecule has 2 bridgehead atoms. The monoisotopic (exact) mass is 309 g/mol. The van der Waals surface area contributed by atoms with E-state index in [-0.39, 0.29) is 11.9 Å². The molecular weight excluding hydrogens is 290 g/mol. The lowest BCUT2D eigenvalue weighted by atomic mass is 9.79. The second-order valence-corrected chi connectivity index (χ2v) is 6.44. The Morgan fingerprint density at radius 1 is 1.48 bits per heavy atom. The Hall–Kier alpha value is -2.32. The van der Waals surface area contributed by atoms with Gasteiger partial charge in [0.25, 0.3) is 5.91 Å². The molecular formula is C18H19N3O2. The first-order valence-corrected chi connectivity index (χ1v) is 8.06. The summed E-state index contributed by atoms with van der Waals surface area (Å²) >= 11 is 0. The van der Waals surface area contributed by atoms with E-state index in [0.717, 1.165) is 31.3 Å². The van der Waals surface area contributed by atoms with Gasteiger partial charge >= 0.3 is 0 Å². The average molecular weight is 309 g/mol. The van der Waals surface area contributed by atoms with Crippen molar-refractivity contribution < 1.29 is 9.21 Å². The molecule has 5 heteroatoms. The Morgan fingerprint density at radius 3 is 2.96 bits per heavy atom. The Bertz CT molecular complexity index is 794. The number of nitrogens with zero attached hydrogens (tertiary/aromatic N) is 2. The van der Waals surface area contributed by atoms with Crippen molar-refractivity contribution in [2.75, 3.05) is 13.1 Å². The molecule has 2 aromatic rings. The predicted octanol–water partition coefficient (Wildman–Crippen LogP) is 2.02. The molecule has 5 heterocycles. The van der Waals surface area contributed by atoms with E-state index in [1.165, 1.54) is 6.26 Å². The third-order valence-corrected chi connectivity index (χ3v) is 5.34. The molecule has 23 heavy (non-hydrogen) atoms. The second-order valence-electron chi connectivity index (χ2n) is 6.44. The molecule has 2 aromatic heterocycles. The van der Waals surface area contributed by atoms with Gasteiger partial charge in [0.05, 0.1) is 5.56 Å². The van der Waals surface area contributed by atoms with Crippen molar-refractivity contribution in [2.45, 2.75) is 31.8 Å². The molecule has 0 unspecified atom stereocenters. The maximum absolute atomic E-state index is 12.7. The summed E-state index contributed by atoms with van der Waals surface area (Å²) in [5, 5.41) is 3.94. The quantitative estimate of drug-likeness (QED) is 0.862. The third kappa shape index (κ3) is 2.22. The molecule has 1 amide bonds. The molecule has 0 spiro atoms. The molecule has 3 saturated heterocycles. The number of furan rings is 1. The third-order valence-electron chi connectivity index (χ3n) is 5.34. The first-order chi connectivity index (χ1) is 11.2. The van der Waals surface area contributed by atoms with Crippen LogP contribution < -0.4 is 5.32 Å². The number of terminal acetylenes is 1. The zero-order valence-corrected chi connectivity index (χ0v) is 13.1. The number of fused-ring (bicyclic) bond motifs is 4. The fraction of sp³-hybridized carbons (Fsp3) is 0.444. The van der Waals surface area contributed by atoms with Crippen LogP contribution in [-0.4, -0.2) is 41.0 Å². The Labute approximate surface area is 135 Å². The van der Waals surface area contributed by atoms with Gasteiger partial charge in [0.2, 0.25) is 0 Å². The van der Waals surface area contributed by atoms with Gasteiger partial charge in [-0.25, -0.2) is 4.98 Å². The zero-order valence-electron chi connectivity index (χ0n) is 13.1. The van der Waals surface area contributed by atoms with Gasteiger partial charge in [0.15, 0.2) is 11.3 Å². The summed E-state index contributed by atoms with van der Waals surface area (Å²) in [7, 11) is 0. The highest BCUT2D eigenvalue weighted by molar-refractivity contribution is 6.04. The number of carbonyl (C=O) groups excluding carboxylic acids is 1. The molecule has 118 valence electrons. The smallest absolute Gasteiger partial charge is 0.274 e. The lowest BCUT2D eigenvalue weighted by Gasteiger charge is -2.49. The number of amides is 1. The molecule has 2 atom stereocenters. The van der Waals surface area contributed by atoms with Crippen molar-refractivity contribution in [3.63, 3.8) is 0 Å². The van der Waals surface area contributed by atoms with Crippen molar-refractivity contribution in [3.8, 4) is 12.3 Å². The lowest BCUT2D eigenvalue weighted by Crippen LogP contribution is -2.62. The number of nitrogens with one attached hydrogen (secondary N) is 1. The van der Waals surface area contributed by atoms with Crippen LogP contribution in [0.25, 0.3) is 11.0 Å². The molecule has 5 rings (SSSR count). The Morgan fingerprint density at radius 2 is 2.26 bits per heavy atom. The van der Waals surface area contributed by atoms with Crippen LogP contribution in [0.15, 0.2) is 22.9 Å². The fourth-order valence-electron chi connectivity index (χ4n) is 4.00. The molecule has 3 aliphatic heterocycles. The molecule has 3 aliphatic rings. The number of hydrogen-bond donors (Lipinski definition) is 1. The summed E-state index contributed by atoms with van der Waals surface area (Å²) in [6.45, 7) is 4.46. The van der Waals surface area contributed by atoms with Crippen LogP contribution in [0.3, 0.4) is 0 Å². The van der Waals surface area contributed by atoms with Gasteiger partial charge in [-0.15, -0.1) is 6.42 Å². The van der Waals surface area contributed by atoms with Crippen LogP contribution in [0.1, 0.15) is 35.8 Å². The molecule has 0 radical (unpaired) electrons. The number of rotatable bonds is 2. The summed E-state index contributed by atoms with van der Waals surface area (Å²) in [6, 6.07) is 2.31. The van der Waals surface area contributed by atoms with Crippen LogP contribution in [0.4, 0.5) is 0 Å². The Balaban J connectivity index is 1.63. The number of piperidine rings is 3. The van der Waals surface area contributed by atoms with Crippen molar-refractivity contribution in [3.05, 3.63) is 29.8 Å². The van der Waals surface area contributed by atoms with E-state index >= 15 is 0 Å². The normalized spacial score (nSPS) is 29.4. The van der Waals surface area contributed by atoms with Crippen molar-refractivity contribution in [2.24, 2.45) is 5.92 Å². The van der Waals surface area contributed by atoms with E-state index in [1.807, 2.05) is 0 Å². The van der Waals surface area contributed by atoms with Crippen LogP contribution in [0.5, 0.6) is 0 Å². The minimum atomic E-state index is -0.181. The predicted molar refractivity (Wildman–Crippen MR) is 87.0 cm³/mol. The van der Waals surface area contributed by atoms with Crippen LogP contribution in [0, 0.1) is 18.3 Å². The standard InChI is InChI=1S/C18H19N3O2/c1-3-12-10-23-17-14(12)4-7-19-16(17)18(22)20-15-11(2)21-8-5-13(15)6-9-21/h1,4,7,10-11,13,15H,5-6,8-9H2,2H3,(H,20,22)/t11-,15-/m0/s1. The average Bonchev–Trinajstić information content (AvgIpc) is 3.01. The minimum absolute atomic E-state index is 0.170. The van der Waals surface area contributed by atoms with Gasteiger partial charge in [-0.1, -0.05) is 5.92 Å². The maximum Gasteiger partial charge on any atom is 0.274 e. The van der Waals surface area contributed by atoms with E-state index in [4.69, 9.17) is 10.8 Å². The fourth-order valence-corrected chi connectivity index (χ4v) is 4.00. The summed E-state index contributed by atoms with van der Waals surface area (Å²) in [6.07, 6.45) is 10.9. The largest absolute Gasteiger partial charge is 0.460 e. The SMILES string of the molecule is C#Cc1coc2c(C(=O)N[C@@H]3C4CCN(CC4)[C@H]3C)nccc12. The van der Waals surface area contributed by atoms with Crippen molar-refractivity contribution in [1.29, 1.82) is 0 Å². The second kappa shape index (κ2) is 5.39. The topological polar surface area (TPSA) is 58.4 Å². The Kier molecular flexibility index (Phi) is 3.35. The molecule has 0 saturated carbocycles. The van der Waals surface area contributed by atoms with Crippen LogP contribution >= 0.6 is 0 Å². The van der Waals surface area contributed by atoms with E-state index in [9.17, 15) is 4.79 Å². The van der Waals surface area contributed by atoms with Gasteiger partial charge in [-0.05, 0) is 44.8 Å². The molecule has 0 aliphatic carbocycles. The van der Waals surface area contributed by atoms with Gasteiger partial charge in [-0.2, -0.15) is 0 Å². The minimum Gasteiger partial charge on any atom is -0.460 e. The number of pyridine rings is 1. The van der Waals surface area contributed by atoms with Crippen molar-refractivity contribution in [1.82, 2.24) is 15.2 Å². The first kappa shape index (κ1) is 14.3. The highest BCUT2D eigenvalue weighted by Gasteiger charge is 2.40. The zero-order chi connectivity index (χ0) is 16.0. The van der Waals surface area contributed by atoms with Crippen LogP contribution in [0.2, 0.25) is 0 Å². The maximum atomic E-state index is 12.7. The summed E-state index contributed by atoms with van der Waals surface area (Å²) in [5.41, 5.74) is 1.42. The highest BCUT2D eigenvalue weighted by atomic mass is 16.3.